The molecule has 0 saturated carbocycles. The highest BCUT2D eigenvalue weighted by Crippen LogP contribution is 2.22. The Labute approximate surface area is 145 Å². The molecule has 0 atom stereocenters. The third-order valence-corrected chi connectivity index (χ3v) is 4.61. The van der Waals surface area contributed by atoms with Crippen molar-refractivity contribution < 1.29 is 9.59 Å². The number of rotatable bonds is 6. The molecule has 0 spiro atoms. The van der Waals surface area contributed by atoms with Crippen LogP contribution in [0.15, 0.2) is 30.3 Å². The highest BCUT2D eigenvalue weighted by atomic mass is 16.2. The van der Waals surface area contributed by atoms with Crippen LogP contribution < -0.4 is 10.2 Å². The quantitative estimate of drug-likeness (QED) is 0.643. The second-order valence-electron chi connectivity index (χ2n) is 6.85. The zero-order valence-corrected chi connectivity index (χ0v) is 15.0. The molecule has 0 radical (unpaired) electrons. The molecule has 0 aliphatic carbocycles. The minimum atomic E-state index is -1.01. The molecule has 1 aliphatic heterocycles. The number of anilines is 1. The van der Waals surface area contributed by atoms with Crippen molar-refractivity contribution in [2.75, 3.05) is 37.6 Å². The van der Waals surface area contributed by atoms with E-state index in [0.717, 1.165) is 25.9 Å². The van der Waals surface area contributed by atoms with Gasteiger partial charge in [-0.15, -0.1) is 0 Å². The van der Waals surface area contributed by atoms with Gasteiger partial charge in [-0.1, -0.05) is 31.5 Å². The summed E-state index contributed by atoms with van der Waals surface area (Å²) in [6, 6.07) is 10.2. The Morgan fingerprint density at radius 3 is 2.29 bits per heavy atom. The normalized spacial score (nSPS) is 15.3. The van der Waals surface area contributed by atoms with E-state index < -0.39 is 5.41 Å². The number of carbonyl (C=O) groups is 2. The molecule has 2 rings (SSSR count). The van der Waals surface area contributed by atoms with Crippen molar-refractivity contribution in [2.24, 2.45) is 5.41 Å². The first-order valence-electron chi connectivity index (χ1n) is 8.84. The first-order valence-corrected chi connectivity index (χ1v) is 8.84. The minimum Gasteiger partial charge on any atom is -0.368 e. The Kier molecular flexibility index (Phi) is 6.23. The van der Waals surface area contributed by atoms with E-state index in [1.54, 1.807) is 13.8 Å². The van der Waals surface area contributed by atoms with E-state index in [1.165, 1.54) is 5.69 Å². The molecule has 2 amide bonds. The number of benzene rings is 1. The van der Waals surface area contributed by atoms with Crippen LogP contribution >= 0.6 is 0 Å². The lowest BCUT2D eigenvalue weighted by molar-refractivity contribution is -0.148. The fraction of sp³-hybridized carbons (Fsp3) is 0.579. The molecule has 5 heteroatoms. The van der Waals surface area contributed by atoms with Crippen molar-refractivity contribution in [1.82, 2.24) is 10.2 Å². The first kappa shape index (κ1) is 18.3. The van der Waals surface area contributed by atoms with Crippen LogP contribution in [0, 0.1) is 5.41 Å². The lowest BCUT2D eigenvalue weighted by Gasteiger charge is -2.39. The molecule has 0 unspecified atom stereocenters. The summed E-state index contributed by atoms with van der Waals surface area (Å²) in [5, 5.41) is 2.88. The molecule has 132 valence electrons. The summed E-state index contributed by atoms with van der Waals surface area (Å²) >= 11 is 0. The number of para-hydroxylation sites is 1. The van der Waals surface area contributed by atoms with Crippen molar-refractivity contribution >= 4 is 17.5 Å². The van der Waals surface area contributed by atoms with Gasteiger partial charge in [0.05, 0.1) is 0 Å². The van der Waals surface area contributed by atoms with Crippen LogP contribution in [0.1, 0.15) is 33.6 Å². The van der Waals surface area contributed by atoms with Crippen LogP contribution in [0.2, 0.25) is 0 Å². The van der Waals surface area contributed by atoms with E-state index in [4.69, 9.17) is 0 Å². The minimum absolute atomic E-state index is 0.0794. The molecule has 0 bridgehead atoms. The van der Waals surface area contributed by atoms with Gasteiger partial charge in [-0.05, 0) is 32.4 Å². The second kappa shape index (κ2) is 8.18. The summed E-state index contributed by atoms with van der Waals surface area (Å²) in [4.78, 5) is 29.2. The van der Waals surface area contributed by atoms with Gasteiger partial charge in [-0.2, -0.15) is 0 Å². The molecule has 1 fully saturated rings. The summed E-state index contributed by atoms with van der Waals surface area (Å²) in [6.07, 6.45) is 1.96. The molecular weight excluding hydrogens is 302 g/mol. The van der Waals surface area contributed by atoms with Gasteiger partial charge in [0, 0.05) is 38.4 Å². The van der Waals surface area contributed by atoms with E-state index >= 15 is 0 Å². The van der Waals surface area contributed by atoms with Gasteiger partial charge in [0.2, 0.25) is 11.8 Å². The van der Waals surface area contributed by atoms with Crippen molar-refractivity contribution in [3.8, 4) is 0 Å². The average Bonchev–Trinajstić information content (AvgIpc) is 2.62. The Bertz CT molecular complexity index is 549. The predicted octanol–water partition coefficient (Wildman–Crippen LogP) is 2.28. The van der Waals surface area contributed by atoms with Gasteiger partial charge in [0.25, 0.3) is 0 Å². The maximum absolute atomic E-state index is 12.8. The van der Waals surface area contributed by atoms with Crippen LogP contribution in [0.5, 0.6) is 0 Å². The number of amides is 2. The number of piperazine rings is 1. The van der Waals surface area contributed by atoms with Crippen LogP contribution in [-0.2, 0) is 9.59 Å². The monoisotopic (exact) mass is 331 g/mol. The lowest BCUT2D eigenvalue weighted by atomic mass is 9.90. The smallest absolute Gasteiger partial charge is 0.237 e. The summed E-state index contributed by atoms with van der Waals surface area (Å²) in [6.45, 7) is 9.05. The van der Waals surface area contributed by atoms with Gasteiger partial charge in [0.1, 0.15) is 5.41 Å². The van der Waals surface area contributed by atoms with Crippen LogP contribution in [0.4, 0.5) is 5.69 Å². The fourth-order valence-electron chi connectivity index (χ4n) is 2.90. The largest absolute Gasteiger partial charge is 0.368 e. The SMILES string of the molecule is CCCCNC(=O)C(C)(C)C(=O)N1CCN(c2ccccc2)CC1. The first-order chi connectivity index (χ1) is 11.5. The molecule has 1 saturated heterocycles. The Morgan fingerprint density at radius 1 is 1.08 bits per heavy atom. The number of unbranched alkanes of at least 4 members (excludes halogenated alkanes) is 1. The molecule has 0 aromatic heterocycles. The van der Waals surface area contributed by atoms with E-state index in [0.29, 0.717) is 19.6 Å². The zero-order chi connectivity index (χ0) is 17.6. The third-order valence-electron chi connectivity index (χ3n) is 4.61. The van der Waals surface area contributed by atoms with E-state index in [1.807, 2.05) is 23.1 Å². The third kappa shape index (κ3) is 4.28. The van der Waals surface area contributed by atoms with E-state index in [2.05, 4.69) is 29.3 Å². The molecule has 1 heterocycles. The number of carbonyl (C=O) groups excluding carboxylic acids is 2. The van der Waals surface area contributed by atoms with Gasteiger partial charge < -0.3 is 15.1 Å². The second-order valence-corrected chi connectivity index (χ2v) is 6.85. The maximum Gasteiger partial charge on any atom is 0.237 e. The fourth-order valence-corrected chi connectivity index (χ4v) is 2.90. The van der Waals surface area contributed by atoms with Gasteiger partial charge in [0.15, 0.2) is 0 Å². The lowest BCUT2D eigenvalue weighted by Crippen LogP contribution is -2.55. The Morgan fingerprint density at radius 2 is 1.71 bits per heavy atom. The average molecular weight is 331 g/mol. The van der Waals surface area contributed by atoms with Gasteiger partial charge in [-0.3, -0.25) is 9.59 Å². The van der Waals surface area contributed by atoms with Gasteiger partial charge >= 0.3 is 0 Å². The number of nitrogens with zero attached hydrogens (tertiary/aromatic N) is 2. The van der Waals surface area contributed by atoms with Crippen molar-refractivity contribution in [2.45, 2.75) is 33.6 Å². The van der Waals surface area contributed by atoms with Crippen molar-refractivity contribution in [3.05, 3.63) is 30.3 Å². The molecule has 24 heavy (non-hydrogen) atoms. The highest BCUT2D eigenvalue weighted by molar-refractivity contribution is 6.04. The summed E-state index contributed by atoms with van der Waals surface area (Å²) in [5.41, 5.74) is 0.170. The Balaban J connectivity index is 1.90. The Hall–Kier alpha value is -2.04. The van der Waals surface area contributed by atoms with Crippen LogP contribution in [0.25, 0.3) is 0 Å². The van der Waals surface area contributed by atoms with Gasteiger partial charge in [-0.25, -0.2) is 0 Å². The summed E-state index contributed by atoms with van der Waals surface area (Å²) in [5.74, 6) is -0.254. The topological polar surface area (TPSA) is 52.7 Å². The van der Waals surface area contributed by atoms with Crippen LogP contribution in [-0.4, -0.2) is 49.4 Å². The molecular formula is C19H29N3O2. The number of nitrogens with one attached hydrogen (secondary N) is 1. The molecule has 1 aliphatic rings. The summed E-state index contributed by atoms with van der Waals surface area (Å²) < 4.78 is 0. The molecule has 1 aromatic carbocycles. The zero-order valence-electron chi connectivity index (χ0n) is 15.0. The van der Waals surface area contributed by atoms with Crippen LogP contribution in [0.3, 0.4) is 0 Å². The molecule has 5 nitrogen and oxygen atoms in total. The van der Waals surface area contributed by atoms with Crippen molar-refractivity contribution in [3.63, 3.8) is 0 Å². The number of hydrogen-bond donors (Lipinski definition) is 1. The number of hydrogen-bond acceptors (Lipinski definition) is 3. The highest BCUT2D eigenvalue weighted by Gasteiger charge is 2.39. The van der Waals surface area contributed by atoms with Crippen molar-refractivity contribution in [1.29, 1.82) is 0 Å². The molecule has 1 N–H and O–H groups in total. The molecule has 1 aromatic rings. The summed E-state index contributed by atoms with van der Waals surface area (Å²) in [7, 11) is 0. The maximum atomic E-state index is 12.8. The standard InChI is InChI=1S/C19H29N3O2/c1-4-5-11-20-17(23)19(2,3)18(24)22-14-12-21(13-15-22)16-9-7-6-8-10-16/h6-10H,4-5,11-15H2,1-3H3,(H,20,23). The predicted molar refractivity (Wildman–Crippen MR) is 96.9 cm³/mol. The van der Waals surface area contributed by atoms with E-state index in [9.17, 15) is 9.59 Å². The van der Waals surface area contributed by atoms with E-state index in [-0.39, 0.29) is 11.8 Å².